The van der Waals surface area contributed by atoms with Gasteiger partial charge < -0.3 is 5.11 Å². The lowest BCUT2D eigenvalue weighted by atomic mass is 10.2. The maximum absolute atomic E-state index is 12.2. The predicted octanol–water partition coefficient (Wildman–Crippen LogP) is 2.47. The van der Waals surface area contributed by atoms with Crippen LogP contribution in [-0.4, -0.2) is 20.8 Å². The summed E-state index contributed by atoms with van der Waals surface area (Å²) in [5.41, 5.74) is 0.240. The first-order chi connectivity index (χ1) is 8.49. The number of nitrogens with zero attached hydrogens (tertiary/aromatic N) is 2. The second-order valence-corrected chi connectivity index (χ2v) is 5.01. The molecule has 0 aliphatic carbocycles. The van der Waals surface area contributed by atoms with Crippen LogP contribution in [0.1, 0.15) is 13.3 Å². The number of aliphatic hydroxyl groups excluding tert-OH is 1. The Morgan fingerprint density at radius 3 is 2.83 bits per heavy atom. The molecule has 0 saturated heterocycles. The number of halogens is 2. The number of hydrogen-bond donors (Lipinski definition) is 1. The van der Waals surface area contributed by atoms with E-state index in [4.69, 9.17) is 23.2 Å². The van der Waals surface area contributed by atoms with E-state index in [0.717, 1.165) is 0 Å². The Morgan fingerprint density at radius 2 is 2.17 bits per heavy atom. The summed E-state index contributed by atoms with van der Waals surface area (Å²) in [5, 5.41) is 10.4. The van der Waals surface area contributed by atoms with Crippen LogP contribution >= 0.6 is 23.2 Å². The van der Waals surface area contributed by atoms with E-state index in [1.165, 1.54) is 10.9 Å². The molecule has 0 aliphatic heterocycles. The molecule has 6 heteroatoms. The van der Waals surface area contributed by atoms with Crippen molar-refractivity contribution in [1.82, 2.24) is 9.55 Å². The molecule has 2 aromatic rings. The summed E-state index contributed by atoms with van der Waals surface area (Å²) in [4.78, 5) is 16.3. The number of aliphatic hydroxyl groups is 1. The van der Waals surface area contributed by atoms with Crippen LogP contribution in [0, 0.1) is 0 Å². The van der Waals surface area contributed by atoms with Gasteiger partial charge in [0.05, 0.1) is 28.4 Å². The van der Waals surface area contributed by atoms with E-state index in [1.54, 1.807) is 19.1 Å². The molecule has 0 aliphatic rings. The first-order valence-electron chi connectivity index (χ1n) is 5.51. The van der Waals surface area contributed by atoms with Crippen LogP contribution in [0.4, 0.5) is 0 Å². The average molecular weight is 287 g/mol. The van der Waals surface area contributed by atoms with Gasteiger partial charge in [0.1, 0.15) is 0 Å². The highest BCUT2D eigenvalue weighted by atomic mass is 35.5. The molecule has 0 radical (unpaired) electrons. The molecule has 1 aromatic heterocycles. The molecule has 1 N–H and O–H groups in total. The zero-order chi connectivity index (χ0) is 13.3. The van der Waals surface area contributed by atoms with Gasteiger partial charge >= 0.3 is 0 Å². The lowest BCUT2D eigenvalue weighted by Crippen LogP contribution is -2.22. The topological polar surface area (TPSA) is 55.1 Å². The summed E-state index contributed by atoms with van der Waals surface area (Å²) >= 11 is 11.9. The van der Waals surface area contributed by atoms with Crippen LogP contribution in [0.3, 0.4) is 0 Å². The third-order valence-corrected chi connectivity index (χ3v) is 3.14. The number of hydrogen-bond acceptors (Lipinski definition) is 3. The third kappa shape index (κ3) is 2.66. The van der Waals surface area contributed by atoms with Crippen molar-refractivity contribution >= 4 is 34.1 Å². The maximum atomic E-state index is 12.2. The SMILES string of the molecule is C[C@@H](O)CCn1cnc2c(Cl)cc(Cl)cc2c1=O. The van der Waals surface area contributed by atoms with Crippen LogP contribution in [0.5, 0.6) is 0 Å². The molecule has 1 aromatic carbocycles. The fourth-order valence-corrected chi connectivity index (χ4v) is 2.22. The molecular formula is C12H12Cl2N2O2. The number of rotatable bonds is 3. The normalized spacial score (nSPS) is 12.9. The summed E-state index contributed by atoms with van der Waals surface area (Å²) in [6.07, 6.45) is 1.46. The molecule has 1 heterocycles. The summed E-state index contributed by atoms with van der Waals surface area (Å²) in [6, 6.07) is 3.11. The van der Waals surface area contributed by atoms with Gasteiger partial charge in [0.15, 0.2) is 0 Å². The fourth-order valence-electron chi connectivity index (χ4n) is 1.68. The van der Waals surface area contributed by atoms with Crippen LogP contribution in [0.25, 0.3) is 10.9 Å². The molecule has 0 spiro atoms. The third-order valence-electron chi connectivity index (χ3n) is 2.63. The molecule has 1 atom stereocenters. The van der Waals surface area contributed by atoms with Gasteiger partial charge in [-0.3, -0.25) is 9.36 Å². The van der Waals surface area contributed by atoms with E-state index in [9.17, 15) is 9.90 Å². The van der Waals surface area contributed by atoms with Gasteiger partial charge in [0.25, 0.3) is 5.56 Å². The summed E-state index contributed by atoms with van der Waals surface area (Å²) in [5.74, 6) is 0. The predicted molar refractivity (Wildman–Crippen MR) is 72.3 cm³/mol. The van der Waals surface area contributed by atoms with Crippen molar-refractivity contribution in [3.05, 3.63) is 38.9 Å². The fraction of sp³-hybridized carbons (Fsp3) is 0.333. The second-order valence-electron chi connectivity index (χ2n) is 4.16. The molecule has 4 nitrogen and oxygen atoms in total. The van der Waals surface area contributed by atoms with Crippen LogP contribution < -0.4 is 5.56 Å². The smallest absolute Gasteiger partial charge is 0.261 e. The second kappa shape index (κ2) is 5.26. The Hall–Kier alpha value is -1.10. The Morgan fingerprint density at radius 1 is 1.44 bits per heavy atom. The van der Waals surface area contributed by atoms with Crippen molar-refractivity contribution < 1.29 is 5.11 Å². The minimum atomic E-state index is -0.462. The van der Waals surface area contributed by atoms with Crippen molar-refractivity contribution in [2.24, 2.45) is 0 Å². The minimum absolute atomic E-state index is 0.204. The Balaban J connectivity index is 2.53. The number of benzene rings is 1. The Kier molecular flexibility index (Phi) is 3.90. The lowest BCUT2D eigenvalue weighted by molar-refractivity contribution is 0.177. The molecule has 0 fully saturated rings. The minimum Gasteiger partial charge on any atom is -0.393 e. The van der Waals surface area contributed by atoms with Crippen molar-refractivity contribution in [2.75, 3.05) is 0 Å². The molecule has 0 amide bonds. The molecule has 0 saturated carbocycles. The van der Waals surface area contributed by atoms with Gasteiger partial charge in [-0.1, -0.05) is 23.2 Å². The van der Waals surface area contributed by atoms with Gasteiger partial charge in [-0.15, -0.1) is 0 Å². The van der Waals surface area contributed by atoms with Gasteiger partial charge in [0, 0.05) is 11.6 Å². The molecule has 2 rings (SSSR count). The van der Waals surface area contributed by atoms with Crippen LogP contribution in [0.2, 0.25) is 10.0 Å². The van der Waals surface area contributed by atoms with Crippen molar-refractivity contribution in [2.45, 2.75) is 26.0 Å². The highest BCUT2D eigenvalue weighted by molar-refractivity contribution is 6.38. The van der Waals surface area contributed by atoms with E-state index in [-0.39, 0.29) is 5.56 Å². The van der Waals surface area contributed by atoms with Crippen molar-refractivity contribution in [3.8, 4) is 0 Å². The number of aryl methyl sites for hydroxylation is 1. The van der Waals surface area contributed by atoms with Crippen LogP contribution in [-0.2, 0) is 6.54 Å². The maximum Gasteiger partial charge on any atom is 0.261 e. The zero-order valence-electron chi connectivity index (χ0n) is 9.73. The highest BCUT2D eigenvalue weighted by Gasteiger charge is 2.09. The first kappa shape index (κ1) is 13.3. The highest BCUT2D eigenvalue weighted by Crippen LogP contribution is 2.23. The van der Waals surface area contributed by atoms with E-state index >= 15 is 0 Å². The number of fused-ring (bicyclic) bond motifs is 1. The molecule has 96 valence electrons. The summed E-state index contributed by atoms with van der Waals surface area (Å²) in [7, 11) is 0. The largest absolute Gasteiger partial charge is 0.393 e. The standard InChI is InChI=1S/C12H12Cl2N2O2/c1-7(17)2-3-16-6-15-11-9(12(16)18)4-8(13)5-10(11)14/h4-7,17H,2-3H2,1H3/t7-/m1/s1. The summed E-state index contributed by atoms with van der Waals surface area (Å²) < 4.78 is 1.45. The molecular weight excluding hydrogens is 275 g/mol. The van der Waals surface area contributed by atoms with Gasteiger partial charge in [-0.05, 0) is 25.5 Å². The Bertz CT molecular complexity index is 638. The quantitative estimate of drug-likeness (QED) is 0.943. The first-order valence-corrected chi connectivity index (χ1v) is 6.27. The van der Waals surface area contributed by atoms with E-state index in [0.29, 0.717) is 33.9 Å². The van der Waals surface area contributed by atoms with E-state index in [2.05, 4.69) is 4.98 Å². The van der Waals surface area contributed by atoms with E-state index in [1.807, 2.05) is 0 Å². The van der Waals surface area contributed by atoms with Gasteiger partial charge in [-0.25, -0.2) is 4.98 Å². The zero-order valence-corrected chi connectivity index (χ0v) is 11.2. The molecule has 18 heavy (non-hydrogen) atoms. The van der Waals surface area contributed by atoms with Crippen LogP contribution in [0.15, 0.2) is 23.3 Å². The van der Waals surface area contributed by atoms with E-state index < -0.39 is 6.10 Å². The average Bonchev–Trinajstić information content (AvgIpc) is 2.29. The van der Waals surface area contributed by atoms with Gasteiger partial charge in [0.2, 0.25) is 0 Å². The van der Waals surface area contributed by atoms with Crippen molar-refractivity contribution in [1.29, 1.82) is 0 Å². The molecule has 0 bridgehead atoms. The lowest BCUT2D eigenvalue weighted by Gasteiger charge is -2.08. The van der Waals surface area contributed by atoms with Gasteiger partial charge in [-0.2, -0.15) is 0 Å². The Labute approximate surface area is 114 Å². The van der Waals surface area contributed by atoms with Crippen molar-refractivity contribution in [3.63, 3.8) is 0 Å². The summed E-state index contributed by atoms with van der Waals surface area (Å²) in [6.45, 7) is 2.08. The number of aromatic nitrogens is 2. The molecule has 0 unspecified atom stereocenters. The monoisotopic (exact) mass is 286 g/mol.